The molecule has 0 aliphatic carbocycles. The molecule has 2 aromatic rings. The van der Waals surface area contributed by atoms with Gasteiger partial charge in [-0.1, -0.05) is 73.3 Å². The van der Waals surface area contributed by atoms with E-state index in [0.29, 0.717) is 11.1 Å². The number of aliphatic hydroxyl groups excluding tert-OH is 2. The minimum Gasteiger partial charge on any atom is -0.464 e. The van der Waals surface area contributed by atoms with Crippen LogP contribution < -0.4 is 16.0 Å². The summed E-state index contributed by atoms with van der Waals surface area (Å²) in [6, 6.07) is 14.1. The average molecular weight is 587 g/mol. The summed E-state index contributed by atoms with van der Waals surface area (Å²) < 4.78 is 20.0. The van der Waals surface area contributed by atoms with Crippen LogP contribution in [0.15, 0.2) is 78.3 Å². The molecule has 0 aliphatic heterocycles. The fourth-order valence-electron chi connectivity index (χ4n) is 3.24. The Morgan fingerprint density at radius 2 is 1.38 bits per heavy atom. The second kappa shape index (κ2) is 18.4. The van der Waals surface area contributed by atoms with Crippen molar-refractivity contribution in [3.05, 3.63) is 84.4 Å². The smallest absolute Gasteiger partial charge is 0.414 e. The van der Waals surface area contributed by atoms with Crippen molar-refractivity contribution >= 4 is 30.2 Å². The van der Waals surface area contributed by atoms with Gasteiger partial charge in [-0.2, -0.15) is 0 Å². The van der Waals surface area contributed by atoms with Gasteiger partial charge in [0, 0.05) is 0 Å². The molecule has 226 valence electrons. The fraction of sp³-hybridized carbons (Fsp3) is 0.321. The third-order valence-corrected chi connectivity index (χ3v) is 5.23. The van der Waals surface area contributed by atoms with Crippen LogP contribution in [-0.4, -0.2) is 78.4 Å². The number of alkyl carbamates (subject to hydrolysis) is 3. The summed E-state index contributed by atoms with van der Waals surface area (Å²) in [5.74, 6) is -1.64. The summed E-state index contributed by atoms with van der Waals surface area (Å²) in [7, 11) is 0. The van der Waals surface area contributed by atoms with Crippen molar-refractivity contribution < 1.29 is 48.3 Å². The van der Waals surface area contributed by atoms with Crippen LogP contribution in [0, 0.1) is 0 Å². The van der Waals surface area contributed by atoms with Crippen molar-refractivity contribution in [2.24, 2.45) is 4.99 Å². The maximum Gasteiger partial charge on any atom is 0.414 e. The number of esters is 1. The van der Waals surface area contributed by atoms with Gasteiger partial charge in [0.05, 0.1) is 13.2 Å². The number of amides is 3. The first-order chi connectivity index (χ1) is 20.3. The molecule has 0 spiro atoms. The molecular formula is C28H34N4O10. The Morgan fingerprint density at radius 3 is 1.83 bits per heavy atom. The zero-order chi connectivity index (χ0) is 30.7. The van der Waals surface area contributed by atoms with Crippen LogP contribution in [-0.2, 0) is 37.0 Å². The van der Waals surface area contributed by atoms with E-state index in [9.17, 15) is 29.4 Å². The molecule has 14 heteroatoms. The van der Waals surface area contributed by atoms with Crippen LogP contribution in [0.4, 0.5) is 14.4 Å². The second-order valence-electron chi connectivity index (χ2n) is 8.35. The molecule has 14 nitrogen and oxygen atoms in total. The van der Waals surface area contributed by atoms with E-state index in [1.54, 1.807) is 60.7 Å². The minimum atomic E-state index is -1.91. The van der Waals surface area contributed by atoms with Gasteiger partial charge in [0.15, 0.2) is 6.04 Å². The second-order valence-corrected chi connectivity index (χ2v) is 8.35. The molecule has 2 aromatic carbocycles. The summed E-state index contributed by atoms with van der Waals surface area (Å²) in [4.78, 5) is 53.6. The first-order valence-corrected chi connectivity index (χ1v) is 12.8. The Kier molecular flexibility index (Phi) is 14.6. The van der Waals surface area contributed by atoms with Gasteiger partial charge in [-0.25, -0.2) is 24.2 Å². The highest BCUT2D eigenvalue weighted by Gasteiger charge is 2.36. The number of hydrogen-bond donors (Lipinski definition) is 5. The molecule has 2 rings (SSSR count). The molecule has 3 atom stereocenters. The summed E-state index contributed by atoms with van der Waals surface area (Å²) in [6.45, 7) is 3.50. The lowest BCUT2D eigenvalue weighted by Crippen LogP contribution is -2.55. The lowest BCUT2D eigenvalue weighted by Gasteiger charge is -2.26. The van der Waals surface area contributed by atoms with E-state index in [2.05, 4.69) is 27.5 Å². The number of carbonyl (C=O) groups excluding carboxylic acids is 4. The van der Waals surface area contributed by atoms with E-state index in [4.69, 9.17) is 18.9 Å². The van der Waals surface area contributed by atoms with E-state index in [1.165, 1.54) is 13.0 Å². The molecule has 0 unspecified atom stereocenters. The highest BCUT2D eigenvalue weighted by atomic mass is 16.6. The normalized spacial score (nSPS) is 12.4. The predicted octanol–water partition coefficient (Wildman–Crippen LogP) is 1.76. The maximum atomic E-state index is 12.5. The van der Waals surface area contributed by atoms with Gasteiger partial charge in [-0.05, 0) is 18.1 Å². The first kappa shape index (κ1) is 33.3. The Hall–Kier alpha value is -4.95. The molecule has 0 radical (unpaired) electrons. The molecule has 0 saturated heterocycles. The topological polar surface area (TPSA) is 194 Å². The summed E-state index contributed by atoms with van der Waals surface area (Å²) >= 11 is 0. The molecule has 3 amide bonds. The van der Waals surface area contributed by atoms with Crippen LogP contribution in [0.3, 0.4) is 0 Å². The summed E-state index contributed by atoms with van der Waals surface area (Å²) in [6.07, 6.45) is -3.80. The predicted molar refractivity (Wildman–Crippen MR) is 149 cm³/mol. The van der Waals surface area contributed by atoms with Gasteiger partial charge < -0.3 is 34.5 Å². The highest BCUT2D eigenvalue weighted by molar-refractivity contribution is 6.01. The quantitative estimate of drug-likeness (QED) is 0.0759. The van der Waals surface area contributed by atoms with Crippen LogP contribution >= 0.6 is 0 Å². The van der Waals surface area contributed by atoms with Crippen molar-refractivity contribution in [1.82, 2.24) is 16.0 Å². The van der Waals surface area contributed by atoms with Gasteiger partial charge in [0.2, 0.25) is 5.96 Å². The third kappa shape index (κ3) is 12.1. The number of benzene rings is 2. The Labute approximate surface area is 242 Å². The molecule has 0 aromatic heterocycles. The van der Waals surface area contributed by atoms with Crippen LogP contribution in [0.2, 0.25) is 0 Å². The number of nitrogens with zero attached hydrogens (tertiary/aromatic N) is 1. The number of hydrogen-bond acceptors (Lipinski definition) is 11. The monoisotopic (exact) mass is 586 g/mol. The molecule has 0 fully saturated rings. The number of aliphatic hydroxyl groups is 2. The zero-order valence-electron chi connectivity index (χ0n) is 22.9. The zero-order valence-corrected chi connectivity index (χ0v) is 22.9. The summed E-state index contributed by atoms with van der Waals surface area (Å²) in [5, 5.41) is 27.5. The number of aliphatic imine (C=N–C) groups is 1. The molecule has 0 bridgehead atoms. The van der Waals surface area contributed by atoms with Crippen molar-refractivity contribution in [3.8, 4) is 0 Å². The number of carbonyl (C=O) groups is 4. The van der Waals surface area contributed by atoms with Crippen molar-refractivity contribution in [2.75, 3.05) is 19.8 Å². The number of guanidine groups is 1. The SMILES string of the molecule is C=CCOC(=O)N[C@H](C(=O)OCC)[C@@H](O)[C@H](CO)N=C(NC(=O)OCc1ccccc1)NC(=O)OCc1ccccc1. The van der Waals surface area contributed by atoms with E-state index < -0.39 is 55.0 Å². The van der Waals surface area contributed by atoms with Gasteiger partial charge in [-0.3, -0.25) is 10.6 Å². The molecule has 0 heterocycles. The van der Waals surface area contributed by atoms with Crippen LogP contribution in [0.25, 0.3) is 0 Å². The largest absolute Gasteiger partial charge is 0.464 e. The van der Waals surface area contributed by atoms with Crippen molar-refractivity contribution in [1.29, 1.82) is 0 Å². The Bertz CT molecular complexity index is 1130. The number of nitrogens with one attached hydrogen (secondary N) is 3. The van der Waals surface area contributed by atoms with Gasteiger partial charge in [0.25, 0.3) is 0 Å². The molecule has 42 heavy (non-hydrogen) atoms. The molecule has 5 N–H and O–H groups in total. The Morgan fingerprint density at radius 1 is 0.857 bits per heavy atom. The van der Waals surface area contributed by atoms with Crippen LogP contribution in [0.1, 0.15) is 18.1 Å². The maximum absolute atomic E-state index is 12.5. The third-order valence-electron chi connectivity index (χ3n) is 5.23. The Balaban J connectivity index is 2.24. The van der Waals surface area contributed by atoms with Crippen molar-refractivity contribution in [2.45, 2.75) is 38.3 Å². The van der Waals surface area contributed by atoms with Gasteiger partial charge in [0.1, 0.15) is 32.0 Å². The van der Waals surface area contributed by atoms with Crippen molar-refractivity contribution in [3.63, 3.8) is 0 Å². The lowest BCUT2D eigenvalue weighted by atomic mass is 10.0. The van der Waals surface area contributed by atoms with Crippen LogP contribution in [0.5, 0.6) is 0 Å². The lowest BCUT2D eigenvalue weighted by molar-refractivity contribution is -0.149. The molecule has 0 saturated carbocycles. The van der Waals surface area contributed by atoms with E-state index in [1.807, 2.05) is 0 Å². The molecule has 0 aliphatic rings. The van der Waals surface area contributed by atoms with E-state index in [-0.39, 0.29) is 26.4 Å². The number of rotatable bonds is 13. The standard InChI is InChI=1S/C28H34N4O10/c1-3-15-40-26(36)30-22(24(35)39-4-2)23(34)21(16-33)29-25(31-27(37)41-17-19-11-7-5-8-12-19)32-28(38)42-18-20-13-9-6-10-14-20/h3,5-14,21-23,33-34H,1,4,15-18H2,2H3,(H,30,36)(H2,29,31,32,37,38)/t21-,22-,23-/m0/s1. The first-order valence-electron chi connectivity index (χ1n) is 12.8. The fourth-order valence-corrected chi connectivity index (χ4v) is 3.24. The highest BCUT2D eigenvalue weighted by Crippen LogP contribution is 2.09. The minimum absolute atomic E-state index is 0.0899. The van der Waals surface area contributed by atoms with Gasteiger partial charge in [-0.15, -0.1) is 0 Å². The number of ether oxygens (including phenoxy) is 4. The average Bonchev–Trinajstić information content (AvgIpc) is 3.00. The van der Waals surface area contributed by atoms with E-state index >= 15 is 0 Å². The van der Waals surface area contributed by atoms with E-state index in [0.717, 1.165) is 0 Å². The summed E-state index contributed by atoms with van der Waals surface area (Å²) in [5.41, 5.74) is 1.36. The van der Waals surface area contributed by atoms with Gasteiger partial charge >= 0.3 is 24.2 Å². The molecular weight excluding hydrogens is 552 g/mol.